The summed E-state index contributed by atoms with van der Waals surface area (Å²) in [6.45, 7) is 10.2. The van der Waals surface area contributed by atoms with Crippen LogP contribution in [0.1, 0.15) is 60.3 Å². The first-order valence-corrected chi connectivity index (χ1v) is 6.26. The molecular weight excluding hydrogens is 196 g/mol. The fourth-order valence-electron chi connectivity index (χ4n) is 1.65. The van der Waals surface area contributed by atoms with E-state index >= 15 is 0 Å². The lowest BCUT2D eigenvalue weighted by atomic mass is 9.96. The Balaban J connectivity index is 4.03. The summed E-state index contributed by atoms with van der Waals surface area (Å²) in [7, 11) is 0. The van der Waals surface area contributed by atoms with Gasteiger partial charge in [0.1, 0.15) is 5.78 Å². The zero-order valence-corrected chi connectivity index (χ0v) is 11.5. The Hall–Kier alpha value is -0.850. The third-order valence-electron chi connectivity index (χ3n) is 2.91. The highest BCUT2D eigenvalue weighted by atomic mass is 16.1. The quantitative estimate of drug-likeness (QED) is 0.571. The Kier molecular flexibility index (Phi) is 7.88. The second kappa shape index (κ2) is 8.32. The fraction of sp³-hybridized carbons (Fsp3) is 0.667. The first-order valence-electron chi connectivity index (χ1n) is 6.26. The van der Waals surface area contributed by atoms with Gasteiger partial charge in [0.2, 0.25) is 0 Å². The molecule has 1 unspecified atom stereocenters. The van der Waals surface area contributed by atoms with Gasteiger partial charge in [0, 0.05) is 5.92 Å². The van der Waals surface area contributed by atoms with Crippen molar-refractivity contribution in [2.45, 2.75) is 60.3 Å². The van der Waals surface area contributed by atoms with Crippen LogP contribution in [0.4, 0.5) is 0 Å². The van der Waals surface area contributed by atoms with Gasteiger partial charge in [-0.25, -0.2) is 0 Å². The van der Waals surface area contributed by atoms with Crippen molar-refractivity contribution in [2.75, 3.05) is 0 Å². The summed E-state index contributed by atoms with van der Waals surface area (Å²) in [5, 5.41) is 0. The summed E-state index contributed by atoms with van der Waals surface area (Å²) >= 11 is 0. The van der Waals surface area contributed by atoms with Gasteiger partial charge in [-0.3, -0.25) is 4.79 Å². The summed E-state index contributed by atoms with van der Waals surface area (Å²) in [4.78, 5) is 11.3. The second-order valence-corrected chi connectivity index (χ2v) is 4.82. The molecule has 0 amide bonds. The molecule has 1 atom stereocenters. The number of hydrogen-bond donors (Lipinski definition) is 0. The zero-order valence-electron chi connectivity index (χ0n) is 11.5. The van der Waals surface area contributed by atoms with E-state index in [4.69, 9.17) is 0 Å². The van der Waals surface area contributed by atoms with Crippen molar-refractivity contribution >= 4 is 5.78 Å². The molecule has 0 aliphatic heterocycles. The third-order valence-corrected chi connectivity index (χ3v) is 2.91. The maximum absolute atomic E-state index is 11.3. The van der Waals surface area contributed by atoms with E-state index in [1.54, 1.807) is 6.92 Å². The summed E-state index contributed by atoms with van der Waals surface area (Å²) in [6.07, 6.45) is 8.58. The van der Waals surface area contributed by atoms with E-state index in [1.807, 2.05) is 0 Å². The highest BCUT2D eigenvalue weighted by Crippen LogP contribution is 2.14. The van der Waals surface area contributed by atoms with E-state index in [2.05, 4.69) is 39.8 Å². The van der Waals surface area contributed by atoms with Crippen molar-refractivity contribution in [3.8, 4) is 0 Å². The molecule has 0 saturated heterocycles. The number of ketones is 1. The molecule has 0 bridgehead atoms. The van der Waals surface area contributed by atoms with Crippen molar-refractivity contribution in [1.82, 2.24) is 0 Å². The van der Waals surface area contributed by atoms with Gasteiger partial charge in [0.05, 0.1) is 0 Å². The topological polar surface area (TPSA) is 17.1 Å². The number of hydrogen-bond acceptors (Lipinski definition) is 1. The van der Waals surface area contributed by atoms with Gasteiger partial charge in [-0.1, -0.05) is 30.2 Å². The van der Waals surface area contributed by atoms with Gasteiger partial charge in [-0.05, 0) is 53.4 Å². The van der Waals surface area contributed by atoms with E-state index in [1.165, 1.54) is 11.1 Å². The van der Waals surface area contributed by atoms with E-state index in [9.17, 15) is 4.79 Å². The molecule has 0 rings (SSSR count). The molecule has 0 aliphatic carbocycles. The van der Waals surface area contributed by atoms with Gasteiger partial charge in [-0.2, -0.15) is 0 Å². The van der Waals surface area contributed by atoms with Crippen LogP contribution in [0.2, 0.25) is 0 Å². The lowest BCUT2D eigenvalue weighted by Gasteiger charge is -2.08. The first kappa shape index (κ1) is 15.2. The van der Waals surface area contributed by atoms with E-state index in [-0.39, 0.29) is 5.92 Å². The van der Waals surface area contributed by atoms with Crippen LogP contribution in [0.3, 0.4) is 0 Å². The molecule has 0 heterocycles. The number of Topliss-reactive ketones (excluding diaryl/α,β-unsaturated/α-hetero) is 1. The average Bonchev–Trinajstić information content (AvgIpc) is 2.17. The van der Waals surface area contributed by atoms with Crippen molar-refractivity contribution in [2.24, 2.45) is 5.92 Å². The molecule has 0 spiro atoms. The molecule has 16 heavy (non-hydrogen) atoms. The molecule has 1 nitrogen and oxygen atoms in total. The van der Waals surface area contributed by atoms with Gasteiger partial charge in [0.25, 0.3) is 0 Å². The minimum absolute atomic E-state index is 0.221. The minimum Gasteiger partial charge on any atom is -0.300 e. The average molecular weight is 222 g/mol. The lowest BCUT2D eigenvalue weighted by molar-refractivity contribution is -0.120. The predicted octanol–water partition coefficient (Wildman–Crippen LogP) is 4.68. The van der Waals surface area contributed by atoms with Crippen LogP contribution in [0.25, 0.3) is 0 Å². The van der Waals surface area contributed by atoms with Crippen LogP contribution in [0.5, 0.6) is 0 Å². The summed E-state index contributed by atoms with van der Waals surface area (Å²) in [6, 6.07) is 0. The summed E-state index contributed by atoms with van der Waals surface area (Å²) in [5.74, 6) is 0.536. The molecule has 0 saturated carbocycles. The Bertz CT molecular complexity index is 267. The predicted molar refractivity (Wildman–Crippen MR) is 71.5 cm³/mol. The molecule has 1 heteroatoms. The molecular formula is C15H26O. The highest BCUT2D eigenvalue weighted by Gasteiger charge is 2.09. The Morgan fingerprint density at radius 1 is 1.12 bits per heavy atom. The Morgan fingerprint density at radius 3 is 2.19 bits per heavy atom. The molecule has 0 fully saturated rings. The lowest BCUT2D eigenvalue weighted by Crippen LogP contribution is -2.08. The van der Waals surface area contributed by atoms with Crippen molar-refractivity contribution < 1.29 is 4.79 Å². The van der Waals surface area contributed by atoms with Gasteiger partial charge < -0.3 is 0 Å². The van der Waals surface area contributed by atoms with Crippen LogP contribution in [0, 0.1) is 5.92 Å². The zero-order chi connectivity index (χ0) is 12.6. The van der Waals surface area contributed by atoms with Crippen LogP contribution >= 0.6 is 0 Å². The van der Waals surface area contributed by atoms with Crippen LogP contribution < -0.4 is 0 Å². The number of rotatable bonds is 7. The maximum atomic E-state index is 11.3. The molecule has 0 aromatic carbocycles. The SMILES string of the molecule is CCC(CC=C(C)CCC=C(C)C)C(C)=O. The van der Waals surface area contributed by atoms with E-state index in [0.29, 0.717) is 5.78 Å². The highest BCUT2D eigenvalue weighted by molar-refractivity contribution is 5.78. The molecule has 0 radical (unpaired) electrons. The van der Waals surface area contributed by atoms with Crippen LogP contribution in [0.15, 0.2) is 23.3 Å². The van der Waals surface area contributed by atoms with Gasteiger partial charge in [-0.15, -0.1) is 0 Å². The van der Waals surface area contributed by atoms with Gasteiger partial charge in [0.15, 0.2) is 0 Å². The monoisotopic (exact) mass is 222 g/mol. The largest absolute Gasteiger partial charge is 0.300 e. The van der Waals surface area contributed by atoms with E-state index in [0.717, 1.165) is 25.7 Å². The minimum atomic E-state index is 0.221. The normalized spacial score (nSPS) is 13.4. The third kappa shape index (κ3) is 7.44. The first-order chi connectivity index (χ1) is 7.47. The van der Waals surface area contributed by atoms with Gasteiger partial charge >= 0.3 is 0 Å². The Morgan fingerprint density at radius 2 is 1.75 bits per heavy atom. The van der Waals surface area contributed by atoms with Crippen LogP contribution in [-0.2, 0) is 4.79 Å². The van der Waals surface area contributed by atoms with Crippen molar-refractivity contribution in [3.63, 3.8) is 0 Å². The summed E-state index contributed by atoms with van der Waals surface area (Å²) in [5.41, 5.74) is 2.78. The molecule has 0 N–H and O–H groups in total. The fourth-order valence-corrected chi connectivity index (χ4v) is 1.65. The number of carbonyl (C=O) groups is 1. The molecule has 0 aromatic heterocycles. The second-order valence-electron chi connectivity index (χ2n) is 4.82. The maximum Gasteiger partial charge on any atom is 0.133 e. The number of carbonyl (C=O) groups excluding carboxylic acids is 1. The summed E-state index contributed by atoms with van der Waals surface area (Å²) < 4.78 is 0. The van der Waals surface area contributed by atoms with Crippen molar-refractivity contribution in [3.05, 3.63) is 23.3 Å². The van der Waals surface area contributed by atoms with Crippen LogP contribution in [-0.4, -0.2) is 5.78 Å². The molecule has 0 aromatic rings. The number of allylic oxidation sites excluding steroid dienone is 4. The Labute approximate surface area is 101 Å². The standard InChI is InChI=1S/C15H26O/c1-6-15(14(5)16)11-10-13(4)9-7-8-12(2)3/h8,10,15H,6-7,9,11H2,1-5H3. The van der Waals surface area contributed by atoms with Crippen molar-refractivity contribution in [1.29, 1.82) is 0 Å². The molecule has 92 valence electrons. The molecule has 0 aliphatic rings. The smallest absolute Gasteiger partial charge is 0.133 e. The van der Waals surface area contributed by atoms with E-state index < -0.39 is 0 Å².